The molecule has 14 heavy (non-hydrogen) atoms. The molecule has 1 aromatic heterocycles. The zero-order chi connectivity index (χ0) is 10.8. The highest BCUT2D eigenvalue weighted by Gasteiger charge is 2.19. The second-order valence-corrected chi connectivity index (χ2v) is 5.43. The van der Waals surface area contributed by atoms with Crippen molar-refractivity contribution in [1.29, 1.82) is 0 Å². The minimum Gasteiger partial charge on any atom is -0.334 e. The Labute approximate surface area is 94.9 Å². The van der Waals surface area contributed by atoms with Crippen molar-refractivity contribution < 1.29 is 0 Å². The van der Waals surface area contributed by atoms with E-state index in [4.69, 9.17) is 0 Å². The average Bonchev–Trinajstić information content (AvgIpc) is 2.51. The summed E-state index contributed by atoms with van der Waals surface area (Å²) in [6.45, 7) is 9.89. The number of hydrogen-bond donors (Lipinski definition) is 0. The summed E-state index contributed by atoms with van der Waals surface area (Å²) >= 11 is 3.54. The monoisotopic (exact) mass is 258 g/mol. The van der Waals surface area contributed by atoms with Crippen molar-refractivity contribution in [2.75, 3.05) is 5.33 Å². The van der Waals surface area contributed by atoms with Gasteiger partial charge in [0.05, 0.1) is 0 Å². The summed E-state index contributed by atoms with van der Waals surface area (Å²) in [7, 11) is 0. The van der Waals surface area contributed by atoms with Gasteiger partial charge in [-0.15, -0.1) is 0 Å². The van der Waals surface area contributed by atoms with Crippen molar-refractivity contribution in [3.63, 3.8) is 0 Å². The van der Waals surface area contributed by atoms with E-state index in [1.165, 1.54) is 5.82 Å². The standard InChI is InChI=1S/C11H19BrN2/c1-9(2)10-13-5-6-14(10)8-11(3,4)7-12/h5-6,9H,7-8H2,1-4H3. The van der Waals surface area contributed by atoms with Crippen LogP contribution in [0.25, 0.3) is 0 Å². The summed E-state index contributed by atoms with van der Waals surface area (Å²) < 4.78 is 2.26. The van der Waals surface area contributed by atoms with E-state index in [2.05, 4.69) is 59.4 Å². The molecule has 0 fully saturated rings. The molecule has 3 heteroatoms. The molecule has 0 aliphatic rings. The van der Waals surface area contributed by atoms with E-state index in [-0.39, 0.29) is 5.41 Å². The molecule has 1 rings (SSSR count). The van der Waals surface area contributed by atoms with Crippen LogP contribution in [0.15, 0.2) is 12.4 Å². The van der Waals surface area contributed by atoms with Crippen LogP contribution in [0.1, 0.15) is 39.4 Å². The van der Waals surface area contributed by atoms with Crippen LogP contribution >= 0.6 is 15.9 Å². The Morgan fingerprint density at radius 2 is 2.14 bits per heavy atom. The lowest BCUT2D eigenvalue weighted by atomic mass is 9.96. The van der Waals surface area contributed by atoms with Gasteiger partial charge in [0.2, 0.25) is 0 Å². The van der Waals surface area contributed by atoms with E-state index in [9.17, 15) is 0 Å². The van der Waals surface area contributed by atoms with Crippen molar-refractivity contribution in [2.45, 2.75) is 40.2 Å². The van der Waals surface area contributed by atoms with Gasteiger partial charge in [-0.3, -0.25) is 0 Å². The molecule has 0 bridgehead atoms. The Bertz CT molecular complexity index is 289. The lowest BCUT2D eigenvalue weighted by Crippen LogP contribution is -2.22. The zero-order valence-electron chi connectivity index (χ0n) is 9.42. The molecule has 0 spiro atoms. The summed E-state index contributed by atoms with van der Waals surface area (Å²) in [6, 6.07) is 0. The summed E-state index contributed by atoms with van der Waals surface area (Å²) in [4.78, 5) is 4.38. The SMILES string of the molecule is CC(C)c1nccn1CC(C)(C)CBr. The maximum atomic E-state index is 4.38. The fourth-order valence-corrected chi connectivity index (χ4v) is 1.64. The van der Waals surface area contributed by atoms with Crippen LogP contribution in [0.2, 0.25) is 0 Å². The minimum atomic E-state index is 0.282. The fraction of sp³-hybridized carbons (Fsp3) is 0.727. The maximum Gasteiger partial charge on any atom is 0.111 e. The van der Waals surface area contributed by atoms with E-state index in [1.54, 1.807) is 0 Å². The summed E-state index contributed by atoms with van der Waals surface area (Å²) in [5.74, 6) is 1.68. The molecule has 0 radical (unpaired) electrons. The topological polar surface area (TPSA) is 17.8 Å². The van der Waals surface area contributed by atoms with Crippen LogP contribution in [0.4, 0.5) is 0 Å². The smallest absolute Gasteiger partial charge is 0.111 e. The van der Waals surface area contributed by atoms with Crippen molar-refractivity contribution in [2.24, 2.45) is 5.41 Å². The summed E-state index contributed by atoms with van der Waals surface area (Å²) in [6.07, 6.45) is 3.96. The molecule has 0 unspecified atom stereocenters. The van der Waals surface area contributed by atoms with Gasteiger partial charge in [-0.05, 0) is 5.41 Å². The summed E-state index contributed by atoms with van der Waals surface area (Å²) in [5.41, 5.74) is 0.282. The summed E-state index contributed by atoms with van der Waals surface area (Å²) in [5, 5.41) is 1.01. The number of rotatable bonds is 4. The molecule has 0 N–H and O–H groups in total. The number of imidazole rings is 1. The number of hydrogen-bond acceptors (Lipinski definition) is 1. The Morgan fingerprint density at radius 3 is 2.64 bits per heavy atom. The Kier molecular flexibility index (Phi) is 3.76. The van der Waals surface area contributed by atoms with Gasteiger partial charge < -0.3 is 4.57 Å². The van der Waals surface area contributed by atoms with E-state index in [1.807, 2.05) is 6.20 Å². The van der Waals surface area contributed by atoms with Gasteiger partial charge in [0.1, 0.15) is 5.82 Å². The van der Waals surface area contributed by atoms with E-state index >= 15 is 0 Å². The molecular weight excluding hydrogens is 240 g/mol. The fourth-order valence-electron chi connectivity index (χ4n) is 1.46. The normalized spacial score (nSPS) is 12.4. The van der Waals surface area contributed by atoms with Crippen LogP contribution in [0.5, 0.6) is 0 Å². The van der Waals surface area contributed by atoms with Gasteiger partial charge in [-0.2, -0.15) is 0 Å². The van der Waals surface area contributed by atoms with Gasteiger partial charge >= 0.3 is 0 Å². The highest BCUT2D eigenvalue weighted by molar-refractivity contribution is 9.09. The molecule has 0 aromatic carbocycles. The molecule has 0 saturated carbocycles. The highest BCUT2D eigenvalue weighted by atomic mass is 79.9. The number of aromatic nitrogens is 2. The number of halogens is 1. The largest absolute Gasteiger partial charge is 0.334 e. The Hall–Kier alpha value is -0.310. The Balaban J connectivity index is 2.81. The lowest BCUT2D eigenvalue weighted by molar-refractivity contribution is 0.346. The molecule has 80 valence electrons. The highest BCUT2D eigenvalue weighted by Crippen LogP contribution is 2.23. The first-order chi connectivity index (χ1) is 6.46. The third-order valence-electron chi connectivity index (χ3n) is 2.22. The van der Waals surface area contributed by atoms with Crippen molar-refractivity contribution >= 4 is 15.9 Å². The first kappa shape index (κ1) is 11.8. The molecule has 2 nitrogen and oxygen atoms in total. The van der Waals surface area contributed by atoms with Crippen LogP contribution < -0.4 is 0 Å². The van der Waals surface area contributed by atoms with Gasteiger partial charge in [0, 0.05) is 30.2 Å². The first-order valence-electron chi connectivity index (χ1n) is 5.03. The van der Waals surface area contributed by atoms with E-state index in [0.717, 1.165) is 11.9 Å². The van der Waals surface area contributed by atoms with Crippen LogP contribution in [-0.4, -0.2) is 14.9 Å². The molecular formula is C11H19BrN2. The Morgan fingerprint density at radius 1 is 1.50 bits per heavy atom. The number of alkyl halides is 1. The minimum absolute atomic E-state index is 0.282. The zero-order valence-corrected chi connectivity index (χ0v) is 11.0. The molecule has 0 atom stereocenters. The van der Waals surface area contributed by atoms with E-state index < -0.39 is 0 Å². The van der Waals surface area contributed by atoms with Crippen molar-refractivity contribution in [1.82, 2.24) is 9.55 Å². The third-order valence-corrected chi connectivity index (χ3v) is 3.74. The molecule has 0 aliphatic carbocycles. The molecule has 0 aliphatic heterocycles. The van der Waals surface area contributed by atoms with Gasteiger partial charge in [0.15, 0.2) is 0 Å². The maximum absolute atomic E-state index is 4.38. The van der Waals surface area contributed by atoms with Crippen molar-refractivity contribution in [3.05, 3.63) is 18.2 Å². The number of nitrogens with zero attached hydrogens (tertiary/aromatic N) is 2. The van der Waals surface area contributed by atoms with Gasteiger partial charge in [0.25, 0.3) is 0 Å². The van der Waals surface area contributed by atoms with Crippen molar-refractivity contribution in [3.8, 4) is 0 Å². The second kappa shape index (κ2) is 4.47. The lowest BCUT2D eigenvalue weighted by Gasteiger charge is -2.23. The molecule has 0 amide bonds. The molecule has 1 heterocycles. The first-order valence-corrected chi connectivity index (χ1v) is 6.15. The predicted molar refractivity (Wildman–Crippen MR) is 63.9 cm³/mol. The second-order valence-electron chi connectivity index (χ2n) is 4.87. The quantitative estimate of drug-likeness (QED) is 0.757. The average molecular weight is 259 g/mol. The van der Waals surface area contributed by atoms with E-state index in [0.29, 0.717) is 5.92 Å². The molecule has 0 saturated heterocycles. The molecule has 1 aromatic rings. The van der Waals surface area contributed by atoms with Crippen LogP contribution in [-0.2, 0) is 6.54 Å². The van der Waals surface area contributed by atoms with Gasteiger partial charge in [-0.25, -0.2) is 4.98 Å². The van der Waals surface area contributed by atoms with Gasteiger partial charge in [-0.1, -0.05) is 43.6 Å². The predicted octanol–water partition coefficient (Wildman–Crippen LogP) is 3.43. The third kappa shape index (κ3) is 2.84. The van der Waals surface area contributed by atoms with Crippen LogP contribution in [0, 0.1) is 5.41 Å². The van der Waals surface area contributed by atoms with Crippen LogP contribution in [0.3, 0.4) is 0 Å².